The Bertz CT molecular complexity index is 1440. The molecule has 1 atom stereocenters. The van der Waals surface area contributed by atoms with Crippen molar-refractivity contribution in [2.45, 2.75) is 49.6 Å². The number of aromatic nitrogens is 1. The first-order chi connectivity index (χ1) is 18.5. The van der Waals surface area contributed by atoms with E-state index in [1.807, 2.05) is 6.92 Å². The Labute approximate surface area is 227 Å². The van der Waals surface area contributed by atoms with Crippen LogP contribution in [0.2, 0.25) is 0 Å². The van der Waals surface area contributed by atoms with Crippen molar-refractivity contribution in [1.29, 1.82) is 0 Å². The van der Waals surface area contributed by atoms with E-state index in [2.05, 4.69) is 19.5 Å². The zero-order valence-corrected chi connectivity index (χ0v) is 23.1. The average molecular weight is 578 g/mol. The second-order valence-corrected chi connectivity index (χ2v) is 12.3. The van der Waals surface area contributed by atoms with E-state index in [0.717, 1.165) is 0 Å². The number of hydrogen-bond acceptors (Lipinski definition) is 7. The fourth-order valence-electron chi connectivity index (χ4n) is 4.61. The molecule has 0 radical (unpaired) electrons. The third-order valence-corrected chi connectivity index (χ3v) is 8.59. The number of phosphoric ester groups is 1. The van der Waals surface area contributed by atoms with Gasteiger partial charge in [0.05, 0.1) is 29.7 Å². The Morgan fingerprint density at radius 3 is 2.46 bits per heavy atom. The van der Waals surface area contributed by atoms with Gasteiger partial charge in [-0.25, -0.2) is 22.7 Å². The van der Waals surface area contributed by atoms with E-state index in [1.165, 1.54) is 6.07 Å². The Morgan fingerprint density at radius 1 is 1.08 bits per heavy atom. The summed E-state index contributed by atoms with van der Waals surface area (Å²) < 4.78 is 50.2. The highest BCUT2D eigenvalue weighted by molar-refractivity contribution is 7.89. The number of carbonyl (C=O) groups is 1. The summed E-state index contributed by atoms with van der Waals surface area (Å²) in [6.07, 6.45) is 1.86. The van der Waals surface area contributed by atoms with Gasteiger partial charge in [-0.2, -0.15) is 0 Å². The zero-order chi connectivity index (χ0) is 28.0. The van der Waals surface area contributed by atoms with E-state index >= 15 is 0 Å². The molecule has 1 aromatic heterocycles. The molecule has 3 aromatic rings. The quantitative estimate of drug-likeness (QED) is 0.250. The van der Waals surface area contributed by atoms with Gasteiger partial charge < -0.3 is 19.8 Å². The fourth-order valence-corrected chi connectivity index (χ4v) is 6.29. The predicted molar refractivity (Wildman–Crippen MR) is 144 cm³/mol. The first-order valence-corrected chi connectivity index (χ1v) is 15.7. The maximum Gasteiger partial charge on any atom is 0.469 e. The van der Waals surface area contributed by atoms with Crippen LogP contribution in [-0.4, -0.2) is 48.4 Å². The van der Waals surface area contributed by atoms with Gasteiger partial charge in [-0.3, -0.25) is 9.32 Å². The van der Waals surface area contributed by atoms with E-state index in [9.17, 15) is 17.8 Å². The summed E-state index contributed by atoms with van der Waals surface area (Å²) in [5.41, 5.74) is 1.28. The lowest BCUT2D eigenvalue weighted by molar-refractivity contribution is -0.127. The summed E-state index contributed by atoms with van der Waals surface area (Å²) in [7, 11) is -8.50. The van der Waals surface area contributed by atoms with Gasteiger partial charge >= 0.3 is 7.82 Å². The lowest BCUT2D eigenvalue weighted by Crippen LogP contribution is -2.42. The van der Waals surface area contributed by atoms with Crippen molar-refractivity contribution in [2.24, 2.45) is 5.92 Å². The highest BCUT2D eigenvalue weighted by atomic mass is 32.2. The van der Waals surface area contributed by atoms with Crippen LogP contribution >= 0.6 is 7.82 Å². The van der Waals surface area contributed by atoms with Crippen molar-refractivity contribution in [3.63, 3.8) is 0 Å². The molecule has 2 aromatic carbocycles. The summed E-state index contributed by atoms with van der Waals surface area (Å²) in [5, 5.41) is 3.51. The number of hydrogen-bond donors (Lipinski definition) is 4. The molecule has 4 rings (SSSR count). The SMILES string of the molecule is CCOc1ccc2cc(S(=O)(=O)N[C@H]3CC[C@H](C(=O)N[C@H](COP(=O)(O)O)c4ccccc4)CC3)ccc2n1. The molecule has 4 N–H and O–H groups in total. The highest BCUT2D eigenvalue weighted by Crippen LogP contribution is 2.37. The minimum Gasteiger partial charge on any atom is -0.478 e. The Kier molecular flexibility index (Phi) is 9.37. The molecule has 1 amide bonds. The first-order valence-electron chi connectivity index (χ1n) is 12.7. The van der Waals surface area contributed by atoms with Gasteiger partial charge in [0.2, 0.25) is 21.8 Å². The molecule has 0 unspecified atom stereocenters. The number of nitrogens with one attached hydrogen (secondary N) is 2. The van der Waals surface area contributed by atoms with Crippen molar-refractivity contribution in [3.8, 4) is 5.88 Å². The predicted octanol–water partition coefficient (Wildman–Crippen LogP) is 3.44. The molecule has 1 fully saturated rings. The maximum atomic E-state index is 13.1. The van der Waals surface area contributed by atoms with Crippen LogP contribution in [0.4, 0.5) is 0 Å². The normalized spacial score (nSPS) is 18.9. The van der Waals surface area contributed by atoms with Gasteiger partial charge in [-0.1, -0.05) is 30.3 Å². The molecule has 0 saturated heterocycles. The lowest BCUT2D eigenvalue weighted by atomic mass is 9.85. The monoisotopic (exact) mass is 577 g/mol. The number of phosphoric acid groups is 1. The molecule has 1 aliphatic rings. The Balaban J connectivity index is 1.35. The lowest BCUT2D eigenvalue weighted by Gasteiger charge is -2.29. The second-order valence-electron chi connectivity index (χ2n) is 9.37. The van der Waals surface area contributed by atoms with Gasteiger partial charge in [0.25, 0.3) is 0 Å². The smallest absolute Gasteiger partial charge is 0.469 e. The first kappa shape index (κ1) is 29.1. The summed E-state index contributed by atoms with van der Waals surface area (Å²) >= 11 is 0. The van der Waals surface area contributed by atoms with Crippen LogP contribution in [0.15, 0.2) is 65.6 Å². The number of ether oxygens (including phenoxy) is 1. The highest BCUT2D eigenvalue weighted by Gasteiger charge is 2.31. The summed E-state index contributed by atoms with van der Waals surface area (Å²) in [6.45, 7) is 1.96. The molecule has 0 bridgehead atoms. The topological polar surface area (TPSA) is 164 Å². The largest absolute Gasteiger partial charge is 0.478 e. The van der Waals surface area contributed by atoms with E-state index in [4.69, 9.17) is 14.5 Å². The van der Waals surface area contributed by atoms with E-state index in [-0.39, 0.29) is 29.4 Å². The molecule has 0 spiro atoms. The van der Waals surface area contributed by atoms with Gasteiger partial charge in [-0.15, -0.1) is 0 Å². The van der Waals surface area contributed by atoms with E-state index in [0.29, 0.717) is 54.6 Å². The second kappa shape index (κ2) is 12.5. The third-order valence-electron chi connectivity index (χ3n) is 6.59. The standard InChI is InChI=1S/C26H32N3O8PS/c1-2-36-25-15-10-20-16-22(13-14-23(20)27-25)39(34,35)29-21-11-8-19(9-12-21)26(30)28-24(17-37-38(31,32)33)18-6-4-3-5-7-18/h3-7,10,13-16,19,21,24,29H,2,8-9,11-12,17H2,1H3,(H,28,30)(H2,31,32,33)/t19-,21-,24-/m1/s1. The number of carbonyl (C=O) groups excluding carboxylic acids is 1. The summed E-state index contributed by atoms with van der Waals surface area (Å²) in [6, 6.07) is 15.9. The molecule has 1 aliphatic carbocycles. The molecular formula is C26H32N3O8PS. The van der Waals surface area contributed by atoms with Gasteiger partial charge in [0.15, 0.2) is 0 Å². The Morgan fingerprint density at radius 2 is 1.79 bits per heavy atom. The fraction of sp³-hybridized carbons (Fsp3) is 0.385. The molecule has 1 saturated carbocycles. The van der Waals surface area contributed by atoms with E-state index in [1.54, 1.807) is 54.6 Å². The molecule has 11 nitrogen and oxygen atoms in total. The molecule has 39 heavy (non-hydrogen) atoms. The van der Waals surface area contributed by atoms with Crippen molar-refractivity contribution < 1.29 is 36.8 Å². The van der Waals surface area contributed by atoms with Crippen LogP contribution in [0.5, 0.6) is 5.88 Å². The number of pyridine rings is 1. The van der Waals surface area contributed by atoms with Gasteiger partial charge in [0.1, 0.15) is 0 Å². The molecule has 210 valence electrons. The van der Waals surface area contributed by atoms with Crippen LogP contribution in [0, 0.1) is 5.92 Å². The minimum atomic E-state index is -4.71. The number of fused-ring (bicyclic) bond motifs is 1. The maximum absolute atomic E-state index is 13.1. The number of nitrogens with zero attached hydrogens (tertiary/aromatic N) is 1. The van der Waals surface area contributed by atoms with Gasteiger partial charge in [0, 0.05) is 23.4 Å². The minimum absolute atomic E-state index is 0.136. The molecular weight excluding hydrogens is 545 g/mol. The number of rotatable bonds is 11. The van der Waals surface area contributed by atoms with Crippen LogP contribution in [0.3, 0.4) is 0 Å². The summed E-state index contributed by atoms with van der Waals surface area (Å²) in [4.78, 5) is 35.7. The van der Waals surface area contributed by atoms with Crippen LogP contribution in [0.1, 0.15) is 44.2 Å². The number of benzene rings is 2. The summed E-state index contributed by atoms with van der Waals surface area (Å²) in [5.74, 6) is -0.157. The third kappa shape index (κ3) is 8.07. The average Bonchev–Trinajstić information content (AvgIpc) is 2.91. The number of sulfonamides is 1. The molecule has 13 heteroatoms. The van der Waals surface area contributed by atoms with Crippen molar-refractivity contribution in [2.75, 3.05) is 13.2 Å². The van der Waals surface area contributed by atoms with Crippen LogP contribution in [0.25, 0.3) is 10.9 Å². The van der Waals surface area contributed by atoms with Crippen molar-refractivity contribution in [1.82, 2.24) is 15.0 Å². The Hall–Kier alpha value is -2.86. The van der Waals surface area contributed by atoms with Crippen molar-refractivity contribution >= 4 is 34.7 Å². The zero-order valence-electron chi connectivity index (χ0n) is 21.4. The molecule has 0 aliphatic heterocycles. The van der Waals surface area contributed by atoms with E-state index < -0.39 is 23.9 Å². The van der Waals surface area contributed by atoms with Crippen molar-refractivity contribution in [3.05, 3.63) is 66.2 Å². The molecule has 1 heterocycles. The van der Waals surface area contributed by atoms with Crippen LogP contribution < -0.4 is 14.8 Å². The van der Waals surface area contributed by atoms with Crippen LogP contribution in [-0.2, 0) is 23.9 Å². The number of amides is 1. The van der Waals surface area contributed by atoms with Gasteiger partial charge in [-0.05, 0) is 62.4 Å².